The van der Waals surface area contributed by atoms with Gasteiger partial charge in [0.25, 0.3) is 0 Å². The quantitative estimate of drug-likeness (QED) is 0.305. The summed E-state index contributed by atoms with van der Waals surface area (Å²) in [4.78, 5) is 12.2. The Morgan fingerprint density at radius 1 is 1.11 bits per heavy atom. The molecule has 2 aromatic carbocycles. The largest absolute Gasteiger partial charge is 0.323 e. The van der Waals surface area contributed by atoms with Gasteiger partial charge in [0, 0.05) is 0 Å². The molecule has 3 rings (SSSR count). The van der Waals surface area contributed by atoms with Crippen molar-refractivity contribution in [3.05, 3.63) is 60.4 Å². The molecule has 0 aliphatic rings. The Bertz CT molecular complexity index is 1050. The summed E-state index contributed by atoms with van der Waals surface area (Å²) in [7, 11) is 0. The van der Waals surface area contributed by atoms with E-state index in [2.05, 4.69) is 10.4 Å². The molecule has 0 radical (unpaired) electrons. The highest BCUT2D eigenvalue weighted by atomic mass is 35.5. The Hall–Kier alpha value is -0.800. The van der Waals surface area contributed by atoms with Crippen molar-refractivity contribution in [2.24, 2.45) is 0 Å². The lowest BCUT2D eigenvalue weighted by molar-refractivity contribution is -0.113. The van der Waals surface area contributed by atoms with Crippen molar-refractivity contribution in [1.82, 2.24) is 9.78 Å². The maximum Gasteiger partial charge on any atom is 0.234 e. The van der Waals surface area contributed by atoms with Crippen molar-refractivity contribution in [1.29, 1.82) is 0 Å². The monoisotopic (exact) mass is 495 g/mol. The Balaban J connectivity index is 1.69. The number of aromatic nitrogens is 2. The van der Waals surface area contributed by atoms with Crippen LogP contribution in [0.2, 0.25) is 20.1 Å². The minimum absolute atomic E-state index is 0.130. The molecule has 0 atom stereocenters. The normalized spacial score (nSPS) is 10.8. The number of hydrogen-bond donors (Lipinski definition) is 1. The Labute approximate surface area is 188 Å². The maximum absolute atomic E-state index is 12.2. The van der Waals surface area contributed by atoms with Gasteiger partial charge in [0.05, 0.1) is 37.2 Å². The zero-order valence-corrected chi connectivity index (χ0v) is 18.7. The molecular formula is C16H9Cl4N3OS3. The molecule has 1 heterocycles. The number of thioether (sulfide) groups is 1. The van der Waals surface area contributed by atoms with Crippen LogP contribution in [0.15, 0.2) is 40.7 Å². The lowest BCUT2D eigenvalue weighted by Crippen LogP contribution is -2.14. The van der Waals surface area contributed by atoms with E-state index in [1.165, 1.54) is 23.1 Å². The van der Waals surface area contributed by atoms with Gasteiger partial charge >= 0.3 is 0 Å². The average molecular weight is 497 g/mol. The van der Waals surface area contributed by atoms with Gasteiger partial charge in [-0.25, -0.2) is 4.68 Å². The molecule has 27 heavy (non-hydrogen) atoms. The number of nitrogens with zero attached hydrogens (tertiary/aromatic N) is 2. The lowest BCUT2D eigenvalue weighted by atomic mass is 10.3. The molecule has 1 aromatic heterocycles. The number of nitrogens with one attached hydrogen (secondary N) is 1. The van der Waals surface area contributed by atoms with Crippen LogP contribution >= 0.6 is 81.7 Å². The molecule has 0 fully saturated rings. The molecule has 1 N–H and O–H groups in total. The van der Waals surface area contributed by atoms with Crippen molar-refractivity contribution in [3.63, 3.8) is 0 Å². The predicted octanol–water partition coefficient (Wildman–Crippen LogP) is 7.01. The van der Waals surface area contributed by atoms with Gasteiger partial charge in [-0.1, -0.05) is 75.6 Å². The molecule has 0 bridgehead atoms. The molecule has 0 saturated carbocycles. The second kappa shape index (κ2) is 9.13. The lowest BCUT2D eigenvalue weighted by Gasteiger charge is -2.08. The summed E-state index contributed by atoms with van der Waals surface area (Å²) in [5, 5.41) is 8.74. The smallest absolute Gasteiger partial charge is 0.234 e. The van der Waals surface area contributed by atoms with Crippen molar-refractivity contribution >= 4 is 93.3 Å². The first-order valence-corrected chi connectivity index (χ1v) is 11.0. The van der Waals surface area contributed by atoms with Gasteiger partial charge in [-0.05, 0) is 42.5 Å². The summed E-state index contributed by atoms with van der Waals surface area (Å²) in [6, 6.07) is 10.1. The zero-order chi connectivity index (χ0) is 19.6. The van der Waals surface area contributed by atoms with E-state index in [1.807, 2.05) is 0 Å². The highest BCUT2D eigenvalue weighted by Gasteiger charge is 2.13. The number of anilines is 1. The minimum Gasteiger partial charge on any atom is -0.323 e. The van der Waals surface area contributed by atoms with Crippen LogP contribution in [0.5, 0.6) is 0 Å². The van der Waals surface area contributed by atoms with E-state index in [1.54, 1.807) is 41.1 Å². The van der Waals surface area contributed by atoms with Crippen LogP contribution in [0.25, 0.3) is 5.69 Å². The number of benzene rings is 2. The van der Waals surface area contributed by atoms with Gasteiger partial charge in [-0.15, -0.1) is 5.10 Å². The van der Waals surface area contributed by atoms with E-state index < -0.39 is 0 Å². The summed E-state index contributed by atoms with van der Waals surface area (Å²) in [6.45, 7) is 0. The van der Waals surface area contributed by atoms with Gasteiger partial charge in [0.15, 0.2) is 8.29 Å². The van der Waals surface area contributed by atoms with Gasteiger partial charge in [-0.2, -0.15) is 0 Å². The summed E-state index contributed by atoms with van der Waals surface area (Å²) < 4.78 is 2.75. The predicted molar refractivity (Wildman–Crippen MR) is 118 cm³/mol. The van der Waals surface area contributed by atoms with Crippen molar-refractivity contribution in [3.8, 4) is 5.69 Å². The van der Waals surface area contributed by atoms with Crippen LogP contribution in [0.3, 0.4) is 0 Å². The second-order valence-corrected chi connectivity index (χ2v) is 9.55. The molecule has 0 unspecified atom stereocenters. The van der Waals surface area contributed by atoms with E-state index >= 15 is 0 Å². The van der Waals surface area contributed by atoms with Gasteiger partial charge < -0.3 is 5.32 Å². The molecule has 0 spiro atoms. The first-order valence-electron chi connectivity index (χ1n) is 7.27. The number of rotatable bonds is 5. The summed E-state index contributed by atoms with van der Waals surface area (Å²) in [5.74, 6) is -0.122. The number of halogens is 4. The third kappa shape index (κ3) is 5.17. The fourth-order valence-electron chi connectivity index (χ4n) is 2.02. The zero-order valence-electron chi connectivity index (χ0n) is 13.2. The number of carbonyl (C=O) groups is 1. The SMILES string of the molecule is O=C(CSc1nn(-c2ccc(Cl)c(Cl)c2)c(=S)s1)Nc1c(Cl)cccc1Cl. The third-order valence-electron chi connectivity index (χ3n) is 3.23. The molecule has 0 aliphatic carbocycles. The molecule has 140 valence electrons. The highest BCUT2D eigenvalue weighted by molar-refractivity contribution is 8.01. The number of amides is 1. The molecular weight excluding hydrogens is 488 g/mol. The third-order valence-corrected chi connectivity index (χ3v) is 6.97. The molecule has 4 nitrogen and oxygen atoms in total. The van der Waals surface area contributed by atoms with E-state index in [0.717, 1.165) is 0 Å². The van der Waals surface area contributed by atoms with Crippen LogP contribution in [0.1, 0.15) is 0 Å². The van der Waals surface area contributed by atoms with Crippen LogP contribution in [-0.4, -0.2) is 21.4 Å². The summed E-state index contributed by atoms with van der Waals surface area (Å²) >= 11 is 32.0. The summed E-state index contributed by atoms with van der Waals surface area (Å²) in [6.07, 6.45) is 0. The van der Waals surface area contributed by atoms with Crippen LogP contribution in [0.4, 0.5) is 5.69 Å². The van der Waals surface area contributed by atoms with Crippen molar-refractivity contribution in [2.75, 3.05) is 11.1 Å². The van der Waals surface area contributed by atoms with E-state index in [0.29, 0.717) is 39.8 Å². The Morgan fingerprint density at radius 2 is 1.81 bits per heavy atom. The van der Waals surface area contributed by atoms with E-state index in [-0.39, 0.29) is 11.7 Å². The Kier molecular flexibility index (Phi) is 7.08. The highest BCUT2D eigenvalue weighted by Crippen LogP contribution is 2.31. The molecule has 1 amide bonds. The molecule has 11 heteroatoms. The van der Waals surface area contributed by atoms with E-state index in [4.69, 9.17) is 58.6 Å². The minimum atomic E-state index is -0.253. The van der Waals surface area contributed by atoms with Crippen LogP contribution < -0.4 is 5.32 Å². The molecule has 0 aliphatic heterocycles. The van der Waals surface area contributed by atoms with Crippen molar-refractivity contribution in [2.45, 2.75) is 4.34 Å². The number of para-hydroxylation sites is 1. The average Bonchev–Trinajstić information content (AvgIpc) is 3.00. The van der Waals surface area contributed by atoms with Crippen LogP contribution in [-0.2, 0) is 4.79 Å². The van der Waals surface area contributed by atoms with Crippen LogP contribution in [0, 0.1) is 3.95 Å². The van der Waals surface area contributed by atoms with Gasteiger partial charge in [0.1, 0.15) is 0 Å². The van der Waals surface area contributed by atoms with Gasteiger partial charge in [-0.3, -0.25) is 4.79 Å². The second-order valence-electron chi connectivity index (χ2n) is 5.08. The summed E-state index contributed by atoms with van der Waals surface area (Å²) in [5.41, 5.74) is 1.09. The molecule has 0 saturated heterocycles. The number of hydrogen-bond acceptors (Lipinski definition) is 5. The Morgan fingerprint density at radius 3 is 2.48 bits per heavy atom. The van der Waals surface area contributed by atoms with Gasteiger partial charge in [0.2, 0.25) is 5.91 Å². The first kappa shape index (κ1) is 20.9. The fourth-order valence-corrected chi connectivity index (χ4v) is 4.96. The topological polar surface area (TPSA) is 46.9 Å². The molecule has 3 aromatic rings. The number of carbonyl (C=O) groups excluding carboxylic acids is 1. The maximum atomic E-state index is 12.2. The first-order chi connectivity index (χ1) is 12.8. The van der Waals surface area contributed by atoms with E-state index in [9.17, 15) is 4.79 Å². The van der Waals surface area contributed by atoms with Crippen molar-refractivity contribution < 1.29 is 4.79 Å². The standard InChI is InChI=1S/C16H9Cl4N3OS3/c17-9-5-4-8(6-12(9)20)23-16(25)27-15(22-23)26-7-13(24)21-14-10(18)2-1-3-11(14)19/h1-6H,7H2,(H,21,24). The fraction of sp³-hybridized carbons (Fsp3) is 0.0625.